The molecule has 1 N–H and O–H groups in total. The van der Waals surface area contributed by atoms with Crippen molar-refractivity contribution in [2.75, 3.05) is 40.3 Å². The van der Waals surface area contributed by atoms with Crippen LogP contribution in [0.25, 0.3) is 27.7 Å². The number of carbonyl (C=O) groups excluding carboxylic acids is 1. The molecule has 5 rings (SSSR count). The number of nitrogens with one attached hydrogen (secondary N) is 1. The zero-order valence-corrected chi connectivity index (χ0v) is 16.4. The molecule has 1 amide bonds. The first-order valence-corrected chi connectivity index (χ1v) is 9.61. The van der Waals surface area contributed by atoms with Gasteiger partial charge in [0.25, 0.3) is 5.91 Å². The number of aromatic nitrogens is 4. The van der Waals surface area contributed by atoms with Gasteiger partial charge in [0, 0.05) is 49.5 Å². The smallest absolute Gasteiger partial charge is 0.257 e. The van der Waals surface area contributed by atoms with Crippen LogP contribution in [0.15, 0.2) is 43.0 Å². The van der Waals surface area contributed by atoms with E-state index in [1.807, 2.05) is 35.5 Å². The highest BCUT2D eigenvalue weighted by molar-refractivity contribution is 6.02. The quantitative estimate of drug-likeness (QED) is 0.581. The molecule has 29 heavy (non-hydrogen) atoms. The first-order chi connectivity index (χ1) is 14.1. The van der Waals surface area contributed by atoms with E-state index in [4.69, 9.17) is 4.74 Å². The molecule has 0 aliphatic carbocycles. The largest absolute Gasteiger partial charge is 0.495 e. The first-order valence-electron chi connectivity index (χ1n) is 9.61. The van der Waals surface area contributed by atoms with Gasteiger partial charge >= 0.3 is 0 Å². The first kappa shape index (κ1) is 17.7. The minimum atomic E-state index is 0.0347. The van der Waals surface area contributed by atoms with E-state index in [1.54, 1.807) is 24.0 Å². The number of H-pyrrole nitrogens is 1. The van der Waals surface area contributed by atoms with Gasteiger partial charge in [-0.3, -0.25) is 4.79 Å². The Balaban J connectivity index is 1.56. The predicted octanol–water partition coefficient (Wildman–Crippen LogP) is 2.27. The average molecular weight is 390 g/mol. The summed E-state index contributed by atoms with van der Waals surface area (Å²) in [6, 6.07) is 5.97. The minimum Gasteiger partial charge on any atom is -0.495 e. The number of carbonyl (C=O) groups is 1. The summed E-state index contributed by atoms with van der Waals surface area (Å²) in [7, 11) is 3.71. The van der Waals surface area contributed by atoms with Crippen LogP contribution in [0, 0.1) is 0 Å². The molecule has 1 saturated heterocycles. The maximum absolute atomic E-state index is 13.1. The van der Waals surface area contributed by atoms with E-state index in [-0.39, 0.29) is 5.91 Å². The molecule has 5 heterocycles. The highest BCUT2D eigenvalue weighted by Gasteiger charge is 2.23. The maximum Gasteiger partial charge on any atom is 0.257 e. The molecule has 4 aromatic rings. The Labute approximate surface area is 167 Å². The van der Waals surface area contributed by atoms with Gasteiger partial charge in [0.15, 0.2) is 0 Å². The molecule has 148 valence electrons. The fraction of sp³-hybridized carbons (Fsp3) is 0.286. The highest BCUT2D eigenvalue weighted by atomic mass is 16.5. The normalized spacial score (nSPS) is 15.3. The van der Waals surface area contributed by atoms with Crippen LogP contribution in [-0.4, -0.2) is 75.6 Å². The summed E-state index contributed by atoms with van der Waals surface area (Å²) in [6.45, 7) is 3.25. The predicted molar refractivity (Wildman–Crippen MR) is 110 cm³/mol. The molecule has 4 aromatic heterocycles. The molecule has 0 spiro atoms. The molecule has 1 aliphatic heterocycles. The van der Waals surface area contributed by atoms with Gasteiger partial charge in [0.05, 0.1) is 30.6 Å². The lowest BCUT2D eigenvalue weighted by Gasteiger charge is -2.32. The number of rotatable bonds is 3. The number of methoxy groups -OCH3 is 1. The Bertz CT molecular complexity index is 1200. The van der Waals surface area contributed by atoms with E-state index in [9.17, 15) is 4.79 Å². The van der Waals surface area contributed by atoms with E-state index >= 15 is 0 Å². The van der Waals surface area contributed by atoms with Gasteiger partial charge in [-0.05, 0) is 30.8 Å². The number of ether oxygens (including phenoxy) is 1. The van der Waals surface area contributed by atoms with Crippen molar-refractivity contribution < 1.29 is 9.53 Å². The number of pyridine rings is 2. The topological polar surface area (TPSA) is 78.8 Å². The van der Waals surface area contributed by atoms with Gasteiger partial charge in [-0.1, -0.05) is 0 Å². The summed E-state index contributed by atoms with van der Waals surface area (Å²) in [4.78, 5) is 24.8. The van der Waals surface area contributed by atoms with Gasteiger partial charge in [-0.15, -0.1) is 0 Å². The lowest BCUT2D eigenvalue weighted by Crippen LogP contribution is -2.47. The van der Waals surface area contributed by atoms with Crippen LogP contribution in [0.3, 0.4) is 0 Å². The van der Waals surface area contributed by atoms with Crippen molar-refractivity contribution in [2.45, 2.75) is 0 Å². The number of amides is 1. The van der Waals surface area contributed by atoms with Gasteiger partial charge in [-0.2, -0.15) is 5.10 Å². The number of nitrogens with zero attached hydrogens (tertiary/aromatic N) is 5. The number of likely N-dealkylation sites (N-methyl/N-ethyl adjacent to an activating group) is 1. The molecule has 0 saturated carbocycles. The van der Waals surface area contributed by atoms with Crippen molar-refractivity contribution >= 4 is 22.5 Å². The standard InChI is InChI=1S/C21H22N6O2/c1-25-5-7-26(8-6-25)21(28)18-13-24-27-4-3-14(9-19(18)27)17-12-23-20-16(17)10-15(29-2)11-22-20/h3-4,9-13H,5-8H2,1-2H3,(H,22,23). The second kappa shape index (κ2) is 6.89. The third kappa shape index (κ3) is 3.01. The third-order valence-electron chi connectivity index (χ3n) is 5.60. The Hall–Kier alpha value is -3.39. The Kier molecular flexibility index (Phi) is 4.21. The average Bonchev–Trinajstić information content (AvgIpc) is 3.37. The van der Waals surface area contributed by atoms with E-state index in [2.05, 4.69) is 27.0 Å². The molecule has 1 fully saturated rings. The minimum absolute atomic E-state index is 0.0347. The SMILES string of the molecule is COc1cnc2[nH]cc(-c3ccn4ncc(C(=O)N5CCN(C)CC5)c4c3)c2c1. The Morgan fingerprint density at radius 3 is 2.79 bits per heavy atom. The fourth-order valence-corrected chi connectivity index (χ4v) is 3.83. The summed E-state index contributed by atoms with van der Waals surface area (Å²) in [5, 5.41) is 5.35. The van der Waals surface area contributed by atoms with E-state index in [0.29, 0.717) is 11.3 Å². The zero-order chi connectivity index (χ0) is 20.0. The third-order valence-corrected chi connectivity index (χ3v) is 5.60. The Morgan fingerprint density at radius 2 is 2.00 bits per heavy atom. The number of hydrogen-bond donors (Lipinski definition) is 1. The van der Waals surface area contributed by atoms with Crippen LogP contribution in [0.2, 0.25) is 0 Å². The second-order valence-corrected chi connectivity index (χ2v) is 7.37. The maximum atomic E-state index is 13.1. The molecule has 0 radical (unpaired) electrons. The van der Waals surface area contributed by atoms with Crippen molar-refractivity contribution in [2.24, 2.45) is 0 Å². The molecular weight excluding hydrogens is 368 g/mol. The van der Waals surface area contributed by atoms with Crippen LogP contribution < -0.4 is 4.74 Å². The van der Waals surface area contributed by atoms with E-state index in [0.717, 1.165) is 53.9 Å². The molecule has 8 nitrogen and oxygen atoms in total. The lowest BCUT2D eigenvalue weighted by atomic mass is 10.1. The van der Waals surface area contributed by atoms with E-state index in [1.165, 1.54) is 0 Å². The Morgan fingerprint density at radius 1 is 1.17 bits per heavy atom. The van der Waals surface area contributed by atoms with Crippen LogP contribution in [0.5, 0.6) is 5.75 Å². The molecule has 0 aromatic carbocycles. The molecule has 0 bridgehead atoms. The lowest BCUT2D eigenvalue weighted by molar-refractivity contribution is 0.0666. The summed E-state index contributed by atoms with van der Waals surface area (Å²) < 4.78 is 7.07. The molecular formula is C21H22N6O2. The summed E-state index contributed by atoms with van der Waals surface area (Å²) >= 11 is 0. The number of fused-ring (bicyclic) bond motifs is 2. The van der Waals surface area contributed by atoms with Crippen LogP contribution >= 0.6 is 0 Å². The monoisotopic (exact) mass is 390 g/mol. The summed E-state index contributed by atoms with van der Waals surface area (Å²) in [5.41, 5.74) is 4.23. The molecule has 0 unspecified atom stereocenters. The molecule has 8 heteroatoms. The van der Waals surface area contributed by atoms with Crippen molar-refractivity contribution in [1.29, 1.82) is 0 Å². The second-order valence-electron chi connectivity index (χ2n) is 7.37. The van der Waals surface area contributed by atoms with Crippen LogP contribution in [0.1, 0.15) is 10.4 Å². The number of hydrogen-bond acceptors (Lipinski definition) is 5. The van der Waals surface area contributed by atoms with Gasteiger partial charge in [0.2, 0.25) is 0 Å². The van der Waals surface area contributed by atoms with E-state index < -0.39 is 0 Å². The van der Waals surface area contributed by atoms with Crippen molar-refractivity contribution in [3.8, 4) is 16.9 Å². The van der Waals surface area contributed by atoms with Gasteiger partial charge in [-0.25, -0.2) is 9.50 Å². The molecule has 1 aliphatic rings. The van der Waals surface area contributed by atoms with Gasteiger partial charge < -0.3 is 19.5 Å². The van der Waals surface area contributed by atoms with Crippen molar-refractivity contribution in [3.05, 3.63) is 48.5 Å². The fourth-order valence-electron chi connectivity index (χ4n) is 3.83. The summed E-state index contributed by atoms with van der Waals surface area (Å²) in [6.07, 6.45) is 7.17. The highest BCUT2D eigenvalue weighted by Crippen LogP contribution is 2.31. The summed E-state index contributed by atoms with van der Waals surface area (Å²) in [5.74, 6) is 0.738. The van der Waals surface area contributed by atoms with Crippen molar-refractivity contribution in [1.82, 2.24) is 29.4 Å². The van der Waals surface area contributed by atoms with Crippen molar-refractivity contribution in [3.63, 3.8) is 0 Å². The number of piperazine rings is 1. The zero-order valence-electron chi connectivity index (χ0n) is 16.4. The number of aromatic amines is 1. The van der Waals surface area contributed by atoms with Crippen LogP contribution in [-0.2, 0) is 0 Å². The van der Waals surface area contributed by atoms with Gasteiger partial charge in [0.1, 0.15) is 11.4 Å². The van der Waals surface area contributed by atoms with Crippen LogP contribution in [0.4, 0.5) is 0 Å². The molecule has 0 atom stereocenters.